The SMILES string of the molecule is Cc1ccc(S(=O)(=O)NC2CCN(C(=O)c3ccccc3F)CC2)c(C)c1. The zero-order valence-corrected chi connectivity index (χ0v) is 16.2. The molecular formula is C20H23FN2O3S. The molecule has 0 spiro atoms. The van der Waals surface area contributed by atoms with E-state index in [1.54, 1.807) is 36.1 Å². The third-order valence-corrected chi connectivity index (χ3v) is 6.51. The molecule has 5 nitrogen and oxygen atoms in total. The van der Waals surface area contributed by atoms with Gasteiger partial charge in [0.15, 0.2) is 0 Å². The summed E-state index contributed by atoms with van der Waals surface area (Å²) in [4.78, 5) is 14.3. The minimum atomic E-state index is -3.62. The molecule has 1 saturated heterocycles. The van der Waals surface area contributed by atoms with Crippen molar-refractivity contribution in [3.8, 4) is 0 Å². The average molecular weight is 390 g/mol. The molecule has 144 valence electrons. The molecule has 1 heterocycles. The lowest BCUT2D eigenvalue weighted by atomic mass is 10.0. The number of likely N-dealkylation sites (tertiary alicyclic amines) is 1. The van der Waals surface area contributed by atoms with E-state index in [9.17, 15) is 17.6 Å². The standard InChI is InChI=1S/C20H23FN2O3S/c1-14-7-8-19(15(2)13-14)27(25,26)22-16-9-11-23(12-10-16)20(24)17-5-3-4-6-18(17)21/h3-8,13,16,22H,9-12H2,1-2H3. The first-order chi connectivity index (χ1) is 12.8. The van der Waals surface area contributed by atoms with E-state index >= 15 is 0 Å². The first kappa shape index (κ1) is 19.5. The number of nitrogens with one attached hydrogen (secondary N) is 1. The molecule has 2 aromatic carbocycles. The van der Waals surface area contributed by atoms with Gasteiger partial charge in [-0.25, -0.2) is 17.5 Å². The number of aryl methyl sites for hydroxylation is 2. The van der Waals surface area contributed by atoms with Gasteiger partial charge in [-0.3, -0.25) is 4.79 Å². The van der Waals surface area contributed by atoms with Gasteiger partial charge in [0.05, 0.1) is 10.5 Å². The van der Waals surface area contributed by atoms with Crippen LogP contribution in [-0.2, 0) is 10.0 Å². The van der Waals surface area contributed by atoms with Gasteiger partial charge in [0.1, 0.15) is 5.82 Å². The number of halogens is 1. The topological polar surface area (TPSA) is 66.5 Å². The minimum absolute atomic E-state index is 0.0480. The highest BCUT2D eigenvalue weighted by Crippen LogP contribution is 2.20. The molecule has 0 aliphatic carbocycles. The third kappa shape index (κ3) is 4.36. The van der Waals surface area contributed by atoms with Crippen molar-refractivity contribution in [1.29, 1.82) is 0 Å². The number of rotatable bonds is 4. The fourth-order valence-electron chi connectivity index (χ4n) is 3.39. The zero-order valence-electron chi connectivity index (χ0n) is 15.4. The van der Waals surface area contributed by atoms with E-state index in [1.165, 1.54) is 12.1 Å². The fraction of sp³-hybridized carbons (Fsp3) is 0.350. The number of benzene rings is 2. The molecule has 0 aromatic heterocycles. The summed E-state index contributed by atoms with van der Waals surface area (Å²) in [7, 11) is -3.62. The maximum Gasteiger partial charge on any atom is 0.256 e. The molecule has 3 rings (SSSR count). The van der Waals surface area contributed by atoms with Crippen molar-refractivity contribution < 1.29 is 17.6 Å². The molecule has 1 fully saturated rings. The molecule has 0 bridgehead atoms. The van der Waals surface area contributed by atoms with E-state index in [-0.39, 0.29) is 22.4 Å². The normalized spacial score (nSPS) is 15.7. The highest BCUT2D eigenvalue weighted by Gasteiger charge is 2.28. The highest BCUT2D eigenvalue weighted by atomic mass is 32.2. The van der Waals surface area contributed by atoms with Crippen LogP contribution in [0.5, 0.6) is 0 Å². The summed E-state index contributed by atoms with van der Waals surface area (Å²) < 4.78 is 41.9. The molecule has 0 saturated carbocycles. The Kier molecular flexibility index (Phi) is 5.62. The molecule has 1 aliphatic rings. The summed E-state index contributed by atoms with van der Waals surface area (Å²) in [5, 5.41) is 0. The lowest BCUT2D eigenvalue weighted by Gasteiger charge is -2.32. The van der Waals surface area contributed by atoms with Gasteiger partial charge in [0.25, 0.3) is 5.91 Å². The molecule has 0 atom stereocenters. The summed E-state index contributed by atoms with van der Waals surface area (Å²) >= 11 is 0. The van der Waals surface area contributed by atoms with Gasteiger partial charge in [-0.1, -0.05) is 29.8 Å². The minimum Gasteiger partial charge on any atom is -0.338 e. The van der Waals surface area contributed by atoms with Gasteiger partial charge in [0, 0.05) is 19.1 Å². The van der Waals surface area contributed by atoms with E-state index in [1.807, 2.05) is 13.0 Å². The van der Waals surface area contributed by atoms with Gasteiger partial charge in [-0.2, -0.15) is 0 Å². The van der Waals surface area contributed by atoms with Crippen LogP contribution in [0.1, 0.15) is 34.3 Å². The predicted octanol–water partition coefficient (Wildman–Crippen LogP) is 3.03. The summed E-state index contributed by atoms with van der Waals surface area (Å²) in [5.41, 5.74) is 1.76. The highest BCUT2D eigenvalue weighted by molar-refractivity contribution is 7.89. The average Bonchev–Trinajstić information content (AvgIpc) is 2.61. The molecule has 7 heteroatoms. The number of hydrogen-bond acceptors (Lipinski definition) is 3. The van der Waals surface area contributed by atoms with Crippen LogP contribution in [0.15, 0.2) is 47.4 Å². The van der Waals surface area contributed by atoms with Crippen LogP contribution < -0.4 is 4.72 Å². The van der Waals surface area contributed by atoms with Crippen LogP contribution in [0.3, 0.4) is 0 Å². The second kappa shape index (κ2) is 7.78. The second-order valence-corrected chi connectivity index (χ2v) is 8.62. The van der Waals surface area contributed by atoms with Gasteiger partial charge in [-0.05, 0) is 50.5 Å². The van der Waals surface area contributed by atoms with E-state index in [2.05, 4.69) is 4.72 Å². The molecule has 0 radical (unpaired) electrons. The van der Waals surface area contributed by atoms with Crippen molar-refractivity contribution in [2.24, 2.45) is 0 Å². The lowest BCUT2D eigenvalue weighted by molar-refractivity contribution is 0.0706. The molecule has 1 aliphatic heterocycles. The van der Waals surface area contributed by atoms with E-state index in [0.29, 0.717) is 31.5 Å². The van der Waals surface area contributed by atoms with E-state index in [0.717, 1.165) is 5.56 Å². The van der Waals surface area contributed by atoms with E-state index in [4.69, 9.17) is 0 Å². The second-order valence-electron chi connectivity index (χ2n) is 6.94. The van der Waals surface area contributed by atoms with E-state index < -0.39 is 15.8 Å². The van der Waals surface area contributed by atoms with Crippen molar-refractivity contribution in [2.45, 2.75) is 37.6 Å². The number of carbonyl (C=O) groups excluding carboxylic acids is 1. The summed E-state index contributed by atoms with van der Waals surface area (Å²) in [6, 6.07) is 10.9. The van der Waals surface area contributed by atoms with Crippen LogP contribution in [-0.4, -0.2) is 38.4 Å². The Bertz CT molecular complexity index is 951. The Morgan fingerprint density at radius 1 is 1.11 bits per heavy atom. The largest absolute Gasteiger partial charge is 0.338 e. The van der Waals surface area contributed by atoms with Crippen molar-refractivity contribution >= 4 is 15.9 Å². The van der Waals surface area contributed by atoms with Crippen LogP contribution in [0.2, 0.25) is 0 Å². The Balaban J connectivity index is 1.64. The van der Waals surface area contributed by atoms with Gasteiger partial charge in [-0.15, -0.1) is 0 Å². The monoisotopic (exact) mass is 390 g/mol. The van der Waals surface area contributed by atoms with Gasteiger partial charge < -0.3 is 4.90 Å². The first-order valence-corrected chi connectivity index (χ1v) is 10.4. The number of sulfonamides is 1. The summed E-state index contributed by atoms with van der Waals surface area (Å²) in [6.07, 6.45) is 0.981. The fourth-order valence-corrected chi connectivity index (χ4v) is 4.92. The maximum atomic E-state index is 13.8. The number of piperidine rings is 1. The molecule has 1 amide bonds. The summed E-state index contributed by atoms with van der Waals surface area (Å²) in [6.45, 7) is 4.46. The quantitative estimate of drug-likeness (QED) is 0.873. The Hall–Kier alpha value is -2.25. The van der Waals surface area contributed by atoms with Crippen molar-refractivity contribution in [3.63, 3.8) is 0 Å². The summed E-state index contributed by atoms with van der Waals surface area (Å²) in [5.74, 6) is -0.899. The van der Waals surface area contributed by atoms with Crippen molar-refractivity contribution in [1.82, 2.24) is 9.62 Å². The van der Waals surface area contributed by atoms with Crippen LogP contribution in [0.4, 0.5) is 4.39 Å². The first-order valence-electron chi connectivity index (χ1n) is 8.91. The van der Waals surface area contributed by atoms with Gasteiger partial charge in [0.2, 0.25) is 10.0 Å². The Morgan fingerprint density at radius 2 is 1.78 bits per heavy atom. The maximum absolute atomic E-state index is 13.8. The van der Waals surface area contributed by atoms with Gasteiger partial charge >= 0.3 is 0 Å². The third-order valence-electron chi connectivity index (χ3n) is 4.83. The molecular weight excluding hydrogens is 367 g/mol. The molecule has 0 unspecified atom stereocenters. The molecule has 2 aromatic rings. The number of carbonyl (C=O) groups is 1. The van der Waals surface area contributed by atoms with Crippen molar-refractivity contribution in [3.05, 3.63) is 65.0 Å². The smallest absolute Gasteiger partial charge is 0.256 e. The number of nitrogens with zero attached hydrogens (tertiary/aromatic N) is 1. The van der Waals surface area contributed by atoms with Crippen LogP contribution >= 0.6 is 0 Å². The number of amides is 1. The zero-order chi connectivity index (χ0) is 19.6. The molecule has 1 N–H and O–H groups in total. The van der Waals surface area contributed by atoms with Crippen LogP contribution in [0, 0.1) is 19.7 Å². The Morgan fingerprint density at radius 3 is 2.41 bits per heavy atom. The number of hydrogen-bond donors (Lipinski definition) is 1. The molecule has 27 heavy (non-hydrogen) atoms. The predicted molar refractivity (Wildman–Crippen MR) is 102 cm³/mol. The Labute approximate surface area is 159 Å². The van der Waals surface area contributed by atoms with Crippen LogP contribution in [0.25, 0.3) is 0 Å². The van der Waals surface area contributed by atoms with Crippen molar-refractivity contribution in [2.75, 3.05) is 13.1 Å². The lowest BCUT2D eigenvalue weighted by Crippen LogP contribution is -2.46.